The van der Waals surface area contributed by atoms with Crippen LogP contribution >= 0.6 is 0 Å². The van der Waals surface area contributed by atoms with E-state index in [-0.39, 0.29) is 23.8 Å². The van der Waals surface area contributed by atoms with E-state index in [0.717, 1.165) is 5.56 Å². The molecule has 0 aliphatic heterocycles. The number of nitrogens with one attached hydrogen (secondary N) is 1. The van der Waals surface area contributed by atoms with Crippen LogP contribution in [0.15, 0.2) is 23.1 Å². The van der Waals surface area contributed by atoms with Gasteiger partial charge in [0.1, 0.15) is 0 Å². The highest BCUT2D eigenvalue weighted by Gasteiger charge is 2.17. The summed E-state index contributed by atoms with van der Waals surface area (Å²) in [6.07, 6.45) is 0.172. The van der Waals surface area contributed by atoms with Gasteiger partial charge in [-0.2, -0.15) is 0 Å². The molecule has 1 amide bonds. The second-order valence-electron chi connectivity index (χ2n) is 4.98. The van der Waals surface area contributed by atoms with E-state index < -0.39 is 10.0 Å². The zero-order valence-electron chi connectivity index (χ0n) is 13.1. The summed E-state index contributed by atoms with van der Waals surface area (Å²) in [6, 6.07) is 5.19. The lowest BCUT2D eigenvalue weighted by Gasteiger charge is -2.18. The van der Waals surface area contributed by atoms with E-state index in [1.54, 1.807) is 24.0 Å². The molecule has 5 nitrogen and oxygen atoms in total. The van der Waals surface area contributed by atoms with Crippen LogP contribution in [0.1, 0.15) is 31.4 Å². The molecule has 0 bridgehead atoms. The maximum atomic E-state index is 12.2. The van der Waals surface area contributed by atoms with Crippen LogP contribution in [0.5, 0.6) is 0 Å². The monoisotopic (exact) mass is 312 g/mol. The quantitative estimate of drug-likeness (QED) is 0.835. The fourth-order valence-corrected chi connectivity index (χ4v) is 3.46. The number of hydrogen-bond acceptors (Lipinski definition) is 3. The van der Waals surface area contributed by atoms with Crippen molar-refractivity contribution in [3.63, 3.8) is 0 Å². The van der Waals surface area contributed by atoms with Crippen LogP contribution in [-0.4, -0.2) is 38.9 Å². The second kappa shape index (κ2) is 7.56. The molecule has 0 aromatic heterocycles. The molecule has 0 atom stereocenters. The normalized spacial score (nSPS) is 11.4. The van der Waals surface area contributed by atoms with Gasteiger partial charge in [0.05, 0.1) is 4.90 Å². The van der Waals surface area contributed by atoms with Crippen molar-refractivity contribution in [1.29, 1.82) is 0 Å². The number of amides is 1. The predicted octanol–water partition coefficient (Wildman–Crippen LogP) is 1.84. The summed E-state index contributed by atoms with van der Waals surface area (Å²) in [5.41, 5.74) is 1.72. The Morgan fingerprint density at radius 3 is 2.33 bits per heavy atom. The number of hydrogen-bond donors (Lipinski definition) is 1. The van der Waals surface area contributed by atoms with Gasteiger partial charge in [-0.1, -0.05) is 17.7 Å². The number of carbonyl (C=O) groups is 1. The van der Waals surface area contributed by atoms with Crippen LogP contribution in [0.25, 0.3) is 0 Å². The van der Waals surface area contributed by atoms with Crippen LogP contribution in [0.4, 0.5) is 0 Å². The minimum absolute atomic E-state index is 0.0386. The van der Waals surface area contributed by atoms with E-state index in [1.165, 1.54) is 0 Å². The molecule has 21 heavy (non-hydrogen) atoms. The van der Waals surface area contributed by atoms with Gasteiger partial charge in [0.2, 0.25) is 15.9 Å². The Balaban J connectivity index is 2.68. The summed E-state index contributed by atoms with van der Waals surface area (Å²) in [7, 11) is -3.56. The van der Waals surface area contributed by atoms with Crippen LogP contribution in [0.3, 0.4) is 0 Å². The van der Waals surface area contributed by atoms with Gasteiger partial charge in [-0.3, -0.25) is 4.79 Å². The highest BCUT2D eigenvalue weighted by atomic mass is 32.2. The Morgan fingerprint density at radius 2 is 1.81 bits per heavy atom. The van der Waals surface area contributed by atoms with Gasteiger partial charge in [-0.05, 0) is 39.3 Å². The second-order valence-corrected chi connectivity index (χ2v) is 6.72. The van der Waals surface area contributed by atoms with E-state index in [2.05, 4.69) is 4.72 Å². The summed E-state index contributed by atoms with van der Waals surface area (Å²) >= 11 is 0. The molecule has 0 aliphatic carbocycles. The highest BCUT2D eigenvalue weighted by molar-refractivity contribution is 7.89. The van der Waals surface area contributed by atoms with Crippen LogP contribution in [0.2, 0.25) is 0 Å². The summed E-state index contributed by atoms with van der Waals surface area (Å²) in [6.45, 7) is 8.88. The molecule has 1 aromatic carbocycles. The maximum absolute atomic E-state index is 12.2. The van der Waals surface area contributed by atoms with E-state index in [4.69, 9.17) is 0 Å². The maximum Gasteiger partial charge on any atom is 0.240 e. The van der Waals surface area contributed by atoms with Crippen molar-refractivity contribution in [3.05, 3.63) is 29.3 Å². The first-order chi connectivity index (χ1) is 9.81. The Bertz CT molecular complexity index is 593. The molecule has 118 valence electrons. The van der Waals surface area contributed by atoms with Crippen LogP contribution in [-0.2, 0) is 14.8 Å². The SMILES string of the molecule is CCN(CC)C(=O)CCNS(=O)(=O)c1ccc(C)cc1C. The zero-order valence-corrected chi connectivity index (χ0v) is 14.0. The van der Waals surface area contributed by atoms with Gasteiger partial charge < -0.3 is 4.90 Å². The molecule has 0 heterocycles. The third-order valence-corrected chi connectivity index (χ3v) is 4.99. The van der Waals surface area contributed by atoms with Crippen molar-refractivity contribution in [2.75, 3.05) is 19.6 Å². The molecule has 0 fully saturated rings. The molecule has 1 rings (SSSR count). The summed E-state index contributed by atoms with van der Waals surface area (Å²) in [4.78, 5) is 13.8. The smallest absolute Gasteiger partial charge is 0.240 e. The van der Waals surface area contributed by atoms with Crippen molar-refractivity contribution < 1.29 is 13.2 Å². The lowest BCUT2D eigenvalue weighted by atomic mass is 10.2. The van der Waals surface area contributed by atoms with E-state index in [0.29, 0.717) is 18.7 Å². The number of nitrogens with zero attached hydrogens (tertiary/aromatic N) is 1. The van der Waals surface area contributed by atoms with Crippen molar-refractivity contribution >= 4 is 15.9 Å². The number of aryl methyl sites for hydroxylation is 2. The number of sulfonamides is 1. The largest absolute Gasteiger partial charge is 0.343 e. The first-order valence-corrected chi connectivity index (χ1v) is 8.64. The van der Waals surface area contributed by atoms with E-state index in [9.17, 15) is 13.2 Å². The van der Waals surface area contributed by atoms with Gasteiger partial charge in [-0.15, -0.1) is 0 Å². The van der Waals surface area contributed by atoms with Crippen molar-refractivity contribution in [1.82, 2.24) is 9.62 Å². The summed E-state index contributed by atoms with van der Waals surface area (Å²) in [5.74, 6) is -0.0386. The minimum atomic E-state index is -3.56. The summed E-state index contributed by atoms with van der Waals surface area (Å²) in [5, 5.41) is 0. The van der Waals surface area contributed by atoms with Gasteiger partial charge >= 0.3 is 0 Å². The third-order valence-electron chi connectivity index (χ3n) is 3.37. The van der Waals surface area contributed by atoms with Crippen molar-refractivity contribution in [2.45, 2.75) is 39.0 Å². The molecule has 0 saturated carbocycles. The predicted molar refractivity (Wildman–Crippen MR) is 83.6 cm³/mol. The minimum Gasteiger partial charge on any atom is -0.343 e. The average Bonchev–Trinajstić information content (AvgIpc) is 2.39. The Labute approximate surface area is 127 Å². The molecule has 0 saturated heterocycles. The van der Waals surface area contributed by atoms with Gasteiger partial charge in [0.25, 0.3) is 0 Å². The lowest BCUT2D eigenvalue weighted by Crippen LogP contribution is -2.34. The highest BCUT2D eigenvalue weighted by Crippen LogP contribution is 2.16. The number of carbonyl (C=O) groups excluding carboxylic acids is 1. The molecule has 0 aliphatic rings. The van der Waals surface area contributed by atoms with E-state index >= 15 is 0 Å². The molecular weight excluding hydrogens is 288 g/mol. The van der Waals surface area contributed by atoms with Crippen LogP contribution < -0.4 is 4.72 Å². The van der Waals surface area contributed by atoms with Gasteiger partial charge in [-0.25, -0.2) is 13.1 Å². The average molecular weight is 312 g/mol. The topological polar surface area (TPSA) is 66.5 Å². The molecule has 1 aromatic rings. The Morgan fingerprint density at radius 1 is 1.19 bits per heavy atom. The molecule has 0 spiro atoms. The number of rotatable bonds is 7. The van der Waals surface area contributed by atoms with Crippen molar-refractivity contribution in [3.8, 4) is 0 Å². The molecule has 1 N–H and O–H groups in total. The van der Waals surface area contributed by atoms with Gasteiger partial charge in [0, 0.05) is 26.1 Å². The van der Waals surface area contributed by atoms with E-state index in [1.807, 2.05) is 26.8 Å². The molecule has 0 unspecified atom stereocenters. The van der Waals surface area contributed by atoms with Gasteiger partial charge in [0.15, 0.2) is 0 Å². The standard InChI is InChI=1S/C15H24N2O3S/c1-5-17(6-2)15(18)9-10-16-21(19,20)14-8-7-12(3)11-13(14)4/h7-8,11,16H,5-6,9-10H2,1-4H3. The fraction of sp³-hybridized carbons (Fsp3) is 0.533. The first kappa shape index (κ1) is 17.7. The first-order valence-electron chi connectivity index (χ1n) is 7.16. The summed E-state index contributed by atoms with van der Waals surface area (Å²) < 4.78 is 26.9. The lowest BCUT2D eigenvalue weighted by molar-refractivity contribution is -0.130. The van der Waals surface area contributed by atoms with Crippen molar-refractivity contribution in [2.24, 2.45) is 0 Å². The zero-order chi connectivity index (χ0) is 16.0. The van der Waals surface area contributed by atoms with Crippen LogP contribution in [0, 0.1) is 13.8 Å². The third kappa shape index (κ3) is 4.82. The molecule has 0 radical (unpaired) electrons. The Kier molecular flexibility index (Phi) is 6.36. The fourth-order valence-electron chi connectivity index (χ4n) is 2.21. The Hall–Kier alpha value is -1.40. The molecule has 6 heteroatoms. The molecular formula is C15H24N2O3S. The number of benzene rings is 1.